The highest BCUT2D eigenvalue weighted by atomic mass is 16.3. The van der Waals surface area contributed by atoms with Crippen LogP contribution in [0.4, 0.5) is 4.79 Å². The number of aliphatic hydroxyl groups is 1. The number of carbonyl (C=O) groups is 2. The highest BCUT2D eigenvalue weighted by molar-refractivity contribution is 5.81. The number of hydrogen-bond donors (Lipinski definition) is 3. The van der Waals surface area contributed by atoms with Gasteiger partial charge in [0.1, 0.15) is 0 Å². The van der Waals surface area contributed by atoms with E-state index in [1.165, 1.54) is 4.90 Å². The largest absolute Gasteiger partial charge is 0.393 e. The number of carbonyl (C=O) groups excluding carboxylic acids is 2. The number of hydrogen-bond acceptors (Lipinski definition) is 3. The van der Waals surface area contributed by atoms with Gasteiger partial charge in [0.05, 0.1) is 6.10 Å². The van der Waals surface area contributed by atoms with Crippen LogP contribution in [0.15, 0.2) is 0 Å². The molecule has 3 amide bonds. The van der Waals surface area contributed by atoms with Crippen LogP contribution in [-0.4, -0.2) is 47.2 Å². The van der Waals surface area contributed by atoms with E-state index in [1.807, 2.05) is 20.8 Å². The van der Waals surface area contributed by atoms with Gasteiger partial charge in [-0.25, -0.2) is 4.79 Å². The molecule has 4 N–H and O–H groups in total. The molecule has 1 saturated heterocycles. The molecule has 19 heavy (non-hydrogen) atoms. The third-order valence-electron chi connectivity index (χ3n) is 3.49. The normalized spacial score (nSPS) is 25.8. The van der Waals surface area contributed by atoms with Crippen LogP contribution in [-0.2, 0) is 4.79 Å². The lowest BCUT2D eigenvalue weighted by atomic mass is 9.89. The molecular formula is C13H25N3O3. The fraction of sp³-hybridized carbons (Fsp3) is 0.846. The zero-order chi connectivity index (χ0) is 14.8. The van der Waals surface area contributed by atoms with E-state index in [2.05, 4.69) is 5.32 Å². The average Bonchev–Trinajstić information content (AvgIpc) is 2.27. The lowest BCUT2D eigenvalue weighted by molar-refractivity contribution is -0.129. The smallest absolute Gasteiger partial charge is 0.314 e. The van der Waals surface area contributed by atoms with E-state index in [0.717, 1.165) is 0 Å². The Morgan fingerprint density at radius 1 is 1.37 bits per heavy atom. The number of amides is 3. The molecule has 1 aliphatic heterocycles. The highest BCUT2D eigenvalue weighted by Gasteiger charge is 2.33. The second-order valence-electron chi connectivity index (χ2n) is 6.40. The molecule has 1 rings (SSSR count). The van der Waals surface area contributed by atoms with Crippen LogP contribution in [0.2, 0.25) is 0 Å². The van der Waals surface area contributed by atoms with Crippen molar-refractivity contribution in [1.82, 2.24) is 10.2 Å². The Balaban J connectivity index is 2.72. The Bertz CT molecular complexity index is 350. The zero-order valence-corrected chi connectivity index (χ0v) is 12.1. The molecule has 1 heterocycles. The van der Waals surface area contributed by atoms with Crippen molar-refractivity contribution >= 4 is 11.9 Å². The lowest BCUT2D eigenvalue weighted by Crippen LogP contribution is -2.56. The molecular weight excluding hydrogens is 246 g/mol. The Hall–Kier alpha value is -1.30. The van der Waals surface area contributed by atoms with Crippen LogP contribution in [0.5, 0.6) is 0 Å². The van der Waals surface area contributed by atoms with Crippen LogP contribution in [0.25, 0.3) is 0 Å². The van der Waals surface area contributed by atoms with Gasteiger partial charge in [0.15, 0.2) is 0 Å². The predicted octanol–water partition coefficient (Wildman–Crippen LogP) is 0.299. The minimum absolute atomic E-state index is 0.0619. The summed E-state index contributed by atoms with van der Waals surface area (Å²) in [5.74, 6) is -0.125. The van der Waals surface area contributed by atoms with E-state index in [4.69, 9.17) is 5.73 Å². The molecule has 0 aromatic carbocycles. The number of nitrogens with two attached hydrogens (primary N) is 1. The standard InChI is InChI=1S/C13H25N3O3/c1-8(17)9-5-10(7-16(6-9)12(14)19)15-11(18)13(2,3)4/h8-10,17H,5-7H2,1-4H3,(H2,14,19)(H,15,18). The fourth-order valence-corrected chi connectivity index (χ4v) is 2.17. The fourth-order valence-electron chi connectivity index (χ4n) is 2.17. The van der Waals surface area contributed by atoms with Crippen LogP contribution >= 0.6 is 0 Å². The lowest BCUT2D eigenvalue weighted by Gasteiger charge is -2.39. The highest BCUT2D eigenvalue weighted by Crippen LogP contribution is 2.21. The van der Waals surface area contributed by atoms with Gasteiger partial charge >= 0.3 is 6.03 Å². The maximum Gasteiger partial charge on any atom is 0.314 e. The summed E-state index contributed by atoms with van der Waals surface area (Å²) in [6, 6.07) is -0.673. The number of piperidine rings is 1. The van der Waals surface area contributed by atoms with E-state index in [-0.39, 0.29) is 17.9 Å². The number of urea groups is 1. The zero-order valence-electron chi connectivity index (χ0n) is 12.1. The molecule has 0 bridgehead atoms. The molecule has 0 aliphatic carbocycles. The molecule has 0 aromatic rings. The van der Waals surface area contributed by atoms with Gasteiger partial charge < -0.3 is 21.1 Å². The van der Waals surface area contributed by atoms with E-state index in [1.54, 1.807) is 6.92 Å². The average molecular weight is 271 g/mol. The Kier molecular flexibility index (Phi) is 4.79. The number of primary amides is 1. The van der Waals surface area contributed by atoms with Gasteiger partial charge in [-0.1, -0.05) is 20.8 Å². The summed E-state index contributed by atoms with van der Waals surface area (Å²) >= 11 is 0. The van der Waals surface area contributed by atoms with Crippen molar-refractivity contribution in [2.24, 2.45) is 17.1 Å². The molecule has 6 heteroatoms. The summed E-state index contributed by atoms with van der Waals surface area (Å²) < 4.78 is 0. The van der Waals surface area contributed by atoms with Crippen LogP contribution in [0.3, 0.4) is 0 Å². The molecule has 3 unspecified atom stereocenters. The van der Waals surface area contributed by atoms with Gasteiger partial charge in [-0.05, 0) is 13.3 Å². The molecule has 0 aromatic heterocycles. The quantitative estimate of drug-likeness (QED) is 0.674. The van der Waals surface area contributed by atoms with Crippen molar-refractivity contribution in [3.63, 3.8) is 0 Å². The number of nitrogens with one attached hydrogen (secondary N) is 1. The van der Waals surface area contributed by atoms with Crippen molar-refractivity contribution in [2.75, 3.05) is 13.1 Å². The molecule has 6 nitrogen and oxygen atoms in total. The first kappa shape index (κ1) is 15.8. The van der Waals surface area contributed by atoms with Gasteiger partial charge in [0, 0.05) is 30.5 Å². The SMILES string of the molecule is CC(O)C1CC(NC(=O)C(C)(C)C)CN(C(N)=O)C1. The van der Waals surface area contributed by atoms with Crippen LogP contribution in [0.1, 0.15) is 34.1 Å². The predicted molar refractivity (Wildman–Crippen MR) is 72.3 cm³/mol. The monoisotopic (exact) mass is 271 g/mol. The van der Waals surface area contributed by atoms with Crippen molar-refractivity contribution < 1.29 is 14.7 Å². The summed E-state index contributed by atoms with van der Waals surface area (Å²) in [6.07, 6.45) is 0.125. The van der Waals surface area contributed by atoms with Gasteiger partial charge in [-0.2, -0.15) is 0 Å². The minimum Gasteiger partial charge on any atom is -0.393 e. The summed E-state index contributed by atoms with van der Waals surface area (Å²) in [4.78, 5) is 24.8. The third kappa shape index (κ3) is 4.38. The molecule has 1 aliphatic rings. The minimum atomic E-state index is -0.531. The second kappa shape index (κ2) is 5.77. The first-order valence-corrected chi connectivity index (χ1v) is 6.64. The van der Waals surface area contributed by atoms with Gasteiger partial charge in [-0.3, -0.25) is 4.79 Å². The second-order valence-corrected chi connectivity index (χ2v) is 6.40. The number of rotatable bonds is 2. The van der Waals surface area contributed by atoms with Gasteiger partial charge in [-0.15, -0.1) is 0 Å². The van der Waals surface area contributed by atoms with Crippen molar-refractivity contribution in [2.45, 2.75) is 46.3 Å². The van der Waals surface area contributed by atoms with E-state index < -0.39 is 17.6 Å². The molecule has 0 spiro atoms. The van der Waals surface area contributed by atoms with Crippen LogP contribution < -0.4 is 11.1 Å². The number of nitrogens with zero attached hydrogens (tertiary/aromatic N) is 1. The van der Waals surface area contributed by atoms with E-state index in [0.29, 0.717) is 19.5 Å². The number of aliphatic hydroxyl groups excluding tert-OH is 1. The van der Waals surface area contributed by atoms with Crippen molar-refractivity contribution in [3.8, 4) is 0 Å². The maximum atomic E-state index is 12.0. The van der Waals surface area contributed by atoms with Crippen molar-refractivity contribution in [3.05, 3.63) is 0 Å². The Labute approximate surface area is 114 Å². The van der Waals surface area contributed by atoms with Crippen LogP contribution in [0, 0.1) is 11.3 Å². The molecule has 110 valence electrons. The summed E-state index contributed by atoms with van der Waals surface area (Å²) in [5, 5.41) is 12.6. The Morgan fingerprint density at radius 2 is 1.95 bits per heavy atom. The molecule has 0 radical (unpaired) electrons. The molecule has 0 saturated carbocycles. The third-order valence-corrected chi connectivity index (χ3v) is 3.49. The first-order valence-electron chi connectivity index (χ1n) is 6.64. The summed E-state index contributed by atoms with van der Waals surface area (Å²) in [7, 11) is 0. The van der Waals surface area contributed by atoms with Crippen molar-refractivity contribution in [1.29, 1.82) is 0 Å². The van der Waals surface area contributed by atoms with Gasteiger partial charge in [0.25, 0.3) is 0 Å². The molecule has 3 atom stereocenters. The Morgan fingerprint density at radius 3 is 2.37 bits per heavy atom. The van der Waals surface area contributed by atoms with E-state index >= 15 is 0 Å². The number of likely N-dealkylation sites (tertiary alicyclic amines) is 1. The topological polar surface area (TPSA) is 95.7 Å². The molecule has 1 fully saturated rings. The summed E-state index contributed by atoms with van der Waals surface area (Å²) in [5.41, 5.74) is 4.82. The van der Waals surface area contributed by atoms with E-state index in [9.17, 15) is 14.7 Å². The summed E-state index contributed by atoms with van der Waals surface area (Å²) in [6.45, 7) is 8.04. The first-order chi connectivity index (χ1) is 8.61. The maximum absolute atomic E-state index is 12.0. The van der Waals surface area contributed by atoms with Gasteiger partial charge in [0.2, 0.25) is 5.91 Å².